The number of benzene rings is 1. The third kappa shape index (κ3) is 8.54. The second-order valence-corrected chi connectivity index (χ2v) is 6.16. The van der Waals surface area contributed by atoms with Crippen molar-refractivity contribution in [3.8, 4) is 0 Å². The summed E-state index contributed by atoms with van der Waals surface area (Å²) in [5.74, 6) is -0.931. The van der Waals surface area contributed by atoms with Crippen LogP contribution in [0.1, 0.15) is 39.2 Å². The van der Waals surface area contributed by atoms with Crippen LogP contribution in [0.15, 0.2) is 30.3 Å². The minimum Gasteiger partial charge on any atom is -0.460 e. The topological polar surface area (TPSA) is 72.8 Å². The molecule has 0 aliphatic rings. The van der Waals surface area contributed by atoms with Crippen LogP contribution in [0.2, 0.25) is 0 Å². The van der Waals surface area contributed by atoms with Crippen molar-refractivity contribution < 1.29 is 24.2 Å². The van der Waals surface area contributed by atoms with E-state index in [4.69, 9.17) is 9.47 Å². The lowest BCUT2D eigenvalue weighted by Gasteiger charge is -2.19. The predicted molar refractivity (Wildman–Crippen MR) is 82.2 cm³/mol. The third-order valence-electron chi connectivity index (χ3n) is 2.65. The van der Waals surface area contributed by atoms with Gasteiger partial charge >= 0.3 is 5.97 Å². The van der Waals surface area contributed by atoms with Crippen molar-refractivity contribution in [2.24, 2.45) is 0 Å². The summed E-state index contributed by atoms with van der Waals surface area (Å²) in [6, 6.07) is 9.55. The predicted octanol–water partition coefficient (Wildman–Crippen LogP) is 2.26. The van der Waals surface area contributed by atoms with Gasteiger partial charge in [-0.25, -0.2) is 0 Å². The number of aliphatic hydroxyl groups excluding tert-OH is 1. The van der Waals surface area contributed by atoms with E-state index in [9.17, 15) is 14.7 Å². The molecule has 5 heteroatoms. The molecular formula is C17H24O5. The highest BCUT2D eigenvalue weighted by Crippen LogP contribution is 2.09. The summed E-state index contributed by atoms with van der Waals surface area (Å²) in [5.41, 5.74) is 0.379. The van der Waals surface area contributed by atoms with Crippen molar-refractivity contribution in [2.45, 2.75) is 51.9 Å². The van der Waals surface area contributed by atoms with Crippen molar-refractivity contribution in [3.63, 3.8) is 0 Å². The lowest BCUT2D eigenvalue weighted by atomic mass is 10.1. The molecule has 0 saturated carbocycles. The quantitative estimate of drug-likeness (QED) is 0.589. The number of hydrogen-bond acceptors (Lipinski definition) is 5. The number of hydrogen-bond donors (Lipinski definition) is 1. The average Bonchev–Trinajstić information content (AvgIpc) is 2.37. The first-order valence-corrected chi connectivity index (χ1v) is 7.29. The van der Waals surface area contributed by atoms with Crippen molar-refractivity contribution in [2.75, 3.05) is 6.61 Å². The van der Waals surface area contributed by atoms with Gasteiger partial charge in [0.25, 0.3) is 0 Å². The Labute approximate surface area is 131 Å². The summed E-state index contributed by atoms with van der Waals surface area (Å²) in [7, 11) is 0. The van der Waals surface area contributed by atoms with Gasteiger partial charge in [-0.3, -0.25) is 9.59 Å². The van der Waals surface area contributed by atoms with E-state index in [1.165, 1.54) is 0 Å². The molecule has 22 heavy (non-hydrogen) atoms. The Morgan fingerprint density at radius 2 is 1.82 bits per heavy atom. The number of aliphatic hydroxyl groups is 1. The van der Waals surface area contributed by atoms with Gasteiger partial charge < -0.3 is 14.6 Å². The van der Waals surface area contributed by atoms with Gasteiger partial charge in [0.2, 0.25) is 0 Å². The van der Waals surface area contributed by atoms with E-state index in [0.29, 0.717) is 6.61 Å². The number of ketones is 1. The second kappa shape index (κ2) is 8.66. The maximum Gasteiger partial charge on any atom is 0.313 e. The summed E-state index contributed by atoms with van der Waals surface area (Å²) in [6.07, 6.45) is -1.36. The van der Waals surface area contributed by atoms with Gasteiger partial charge in [0.1, 0.15) is 17.8 Å². The summed E-state index contributed by atoms with van der Waals surface area (Å²) in [4.78, 5) is 23.2. The number of ether oxygens (including phenoxy) is 2. The molecule has 0 aliphatic carbocycles. The lowest BCUT2D eigenvalue weighted by molar-refractivity contribution is -0.156. The van der Waals surface area contributed by atoms with E-state index < -0.39 is 17.7 Å². The van der Waals surface area contributed by atoms with Gasteiger partial charge in [-0.15, -0.1) is 0 Å². The van der Waals surface area contributed by atoms with Gasteiger partial charge in [0.15, 0.2) is 0 Å². The Balaban J connectivity index is 2.22. The second-order valence-electron chi connectivity index (χ2n) is 6.16. The van der Waals surface area contributed by atoms with E-state index in [-0.39, 0.29) is 25.2 Å². The van der Waals surface area contributed by atoms with Gasteiger partial charge in [-0.2, -0.15) is 0 Å². The Bertz CT molecular complexity index is 476. The molecule has 1 atom stereocenters. The first-order valence-electron chi connectivity index (χ1n) is 7.29. The number of esters is 1. The smallest absolute Gasteiger partial charge is 0.313 e. The van der Waals surface area contributed by atoms with Crippen LogP contribution in [0, 0.1) is 0 Å². The first-order chi connectivity index (χ1) is 10.3. The van der Waals surface area contributed by atoms with E-state index in [2.05, 4.69) is 0 Å². The van der Waals surface area contributed by atoms with Crippen molar-refractivity contribution in [1.82, 2.24) is 0 Å². The monoisotopic (exact) mass is 308 g/mol. The number of rotatable bonds is 8. The largest absolute Gasteiger partial charge is 0.460 e. The molecule has 1 rings (SSSR count). The molecule has 122 valence electrons. The van der Waals surface area contributed by atoms with Crippen LogP contribution in [0.3, 0.4) is 0 Å². The maximum atomic E-state index is 11.7. The summed E-state index contributed by atoms with van der Waals surface area (Å²) < 4.78 is 10.4. The highest BCUT2D eigenvalue weighted by molar-refractivity contribution is 5.95. The average molecular weight is 308 g/mol. The van der Waals surface area contributed by atoms with Gasteiger partial charge in [-0.1, -0.05) is 30.3 Å². The van der Waals surface area contributed by atoms with Crippen LogP contribution in [0.4, 0.5) is 0 Å². The zero-order valence-electron chi connectivity index (χ0n) is 13.4. The summed E-state index contributed by atoms with van der Waals surface area (Å²) in [6.45, 7) is 5.64. The van der Waals surface area contributed by atoms with Crippen LogP contribution in [0.25, 0.3) is 0 Å². The zero-order chi connectivity index (χ0) is 16.6. The van der Waals surface area contributed by atoms with Gasteiger partial charge in [0, 0.05) is 6.42 Å². The molecule has 0 radical (unpaired) electrons. The molecule has 0 aliphatic heterocycles. The van der Waals surface area contributed by atoms with Crippen molar-refractivity contribution in [1.29, 1.82) is 0 Å². The molecule has 5 nitrogen and oxygen atoms in total. The SMILES string of the molecule is CC(C)(C)OC(=O)CC(=O)C[C@@H](O)COCc1ccccc1. The van der Waals surface area contributed by atoms with E-state index in [1.54, 1.807) is 20.8 Å². The summed E-state index contributed by atoms with van der Waals surface area (Å²) in [5, 5.41) is 9.75. The van der Waals surface area contributed by atoms with Gasteiger partial charge in [-0.05, 0) is 26.3 Å². The standard InChI is InChI=1S/C17H24O5/c1-17(2,3)22-16(20)10-14(18)9-15(19)12-21-11-13-7-5-4-6-8-13/h4-8,15,19H,9-12H2,1-3H3/t15-/m1/s1. The van der Waals surface area contributed by atoms with Crippen LogP contribution >= 0.6 is 0 Å². The van der Waals surface area contributed by atoms with Crippen molar-refractivity contribution in [3.05, 3.63) is 35.9 Å². The lowest BCUT2D eigenvalue weighted by Crippen LogP contribution is -2.27. The molecule has 0 unspecified atom stereocenters. The molecule has 0 heterocycles. The minimum absolute atomic E-state index is 0.0505. The number of Topliss-reactive ketones (excluding diaryl/α,β-unsaturated/α-hetero) is 1. The fraction of sp³-hybridized carbons (Fsp3) is 0.529. The van der Waals surface area contributed by atoms with E-state index in [1.807, 2.05) is 30.3 Å². The molecule has 0 fully saturated rings. The zero-order valence-corrected chi connectivity index (χ0v) is 13.4. The number of carbonyl (C=O) groups is 2. The summed E-state index contributed by atoms with van der Waals surface area (Å²) >= 11 is 0. The Morgan fingerprint density at radius 3 is 2.41 bits per heavy atom. The highest BCUT2D eigenvalue weighted by atomic mass is 16.6. The Hall–Kier alpha value is -1.72. The van der Waals surface area contributed by atoms with E-state index >= 15 is 0 Å². The normalized spacial score (nSPS) is 12.7. The Kier molecular flexibility index (Phi) is 7.21. The molecular weight excluding hydrogens is 284 g/mol. The molecule has 1 N–H and O–H groups in total. The van der Waals surface area contributed by atoms with Crippen molar-refractivity contribution >= 4 is 11.8 Å². The molecule has 1 aromatic rings. The third-order valence-corrected chi connectivity index (χ3v) is 2.65. The molecule has 0 aromatic heterocycles. The highest BCUT2D eigenvalue weighted by Gasteiger charge is 2.20. The first kappa shape index (κ1) is 18.3. The fourth-order valence-electron chi connectivity index (χ4n) is 1.82. The van der Waals surface area contributed by atoms with Gasteiger partial charge in [0.05, 0.1) is 19.3 Å². The van der Waals surface area contributed by atoms with Crippen LogP contribution in [-0.2, 0) is 25.7 Å². The molecule has 0 spiro atoms. The molecule has 0 saturated heterocycles. The number of carbonyl (C=O) groups excluding carboxylic acids is 2. The Morgan fingerprint density at radius 1 is 1.18 bits per heavy atom. The maximum absolute atomic E-state index is 11.7. The molecule has 0 bridgehead atoms. The molecule has 1 aromatic carbocycles. The van der Waals surface area contributed by atoms with Crippen LogP contribution in [-0.4, -0.2) is 35.2 Å². The molecule has 0 amide bonds. The minimum atomic E-state index is -0.918. The van der Waals surface area contributed by atoms with E-state index in [0.717, 1.165) is 5.56 Å². The fourth-order valence-corrected chi connectivity index (χ4v) is 1.82. The van der Waals surface area contributed by atoms with Crippen LogP contribution in [0.5, 0.6) is 0 Å². The van der Waals surface area contributed by atoms with Crippen LogP contribution < -0.4 is 0 Å².